The molecule has 104 valence electrons. The van der Waals surface area contributed by atoms with E-state index in [2.05, 4.69) is 12.2 Å². The van der Waals surface area contributed by atoms with Gasteiger partial charge in [-0.05, 0) is 56.9 Å². The topological polar surface area (TPSA) is 55.1 Å². The molecule has 0 saturated heterocycles. The van der Waals surface area contributed by atoms with E-state index in [9.17, 15) is 4.79 Å². The molecule has 0 aromatic rings. The molecule has 2 saturated carbocycles. The third-order valence-corrected chi connectivity index (χ3v) is 4.83. The number of hydrogen-bond acceptors (Lipinski definition) is 2. The molecule has 2 aliphatic rings. The van der Waals surface area contributed by atoms with E-state index in [4.69, 9.17) is 5.73 Å². The van der Waals surface area contributed by atoms with Crippen molar-refractivity contribution < 1.29 is 4.79 Å². The van der Waals surface area contributed by atoms with E-state index >= 15 is 0 Å². The van der Waals surface area contributed by atoms with Crippen molar-refractivity contribution in [1.29, 1.82) is 0 Å². The Morgan fingerprint density at radius 2 is 1.89 bits per heavy atom. The molecule has 3 heteroatoms. The van der Waals surface area contributed by atoms with E-state index in [0.29, 0.717) is 17.9 Å². The number of hydrogen-bond donors (Lipinski definition) is 2. The lowest BCUT2D eigenvalue weighted by atomic mass is 9.81. The van der Waals surface area contributed by atoms with Crippen molar-refractivity contribution in [2.45, 2.75) is 64.3 Å². The first kappa shape index (κ1) is 13.9. The molecule has 0 radical (unpaired) electrons. The highest BCUT2D eigenvalue weighted by molar-refractivity contribution is 5.79. The fourth-order valence-corrected chi connectivity index (χ4v) is 3.54. The lowest BCUT2D eigenvalue weighted by Crippen LogP contribution is -2.42. The summed E-state index contributed by atoms with van der Waals surface area (Å²) >= 11 is 0. The molecule has 2 aliphatic carbocycles. The summed E-state index contributed by atoms with van der Waals surface area (Å²) < 4.78 is 0. The predicted octanol–water partition coefficient (Wildman–Crippen LogP) is 2.45. The molecule has 1 amide bonds. The Bertz CT molecular complexity index is 272. The average molecular weight is 252 g/mol. The molecule has 2 atom stereocenters. The molecule has 0 aromatic carbocycles. The number of carbonyl (C=O) groups excluding carboxylic acids is 1. The van der Waals surface area contributed by atoms with E-state index < -0.39 is 0 Å². The van der Waals surface area contributed by atoms with Crippen LogP contribution in [0, 0.1) is 17.8 Å². The molecular formula is C15H28N2O. The van der Waals surface area contributed by atoms with Crippen molar-refractivity contribution in [2.24, 2.45) is 23.5 Å². The highest BCUT2D eigenvalue weighted by Crippen LogP contribution is 2.29. The van der Waals surface area contributed by atoms with Crippen molar-refractivity contribution in [1.82, 2.24) is 5.32 Å². The van der Waals surface area contributed by atoms with Crippen molar-refractivity contribution >= 4 is 5.91 Å². The van der Waals surface area contributed by atoms with Crippen LogP contribution in [0.3, 0.4) is 0 Å². The van der Waals surface area contributed by atoms with Crippen molar-refractivity contribution in [3.8, 4) is 0 Å². The predicted molar refractivity (Wildman–Crippen MR) is 74.1 cm³/mol. The van der Waals surface area contributed by atoms with E-state index in [0.717, 1.165) is 38.1 Å². The van der Waals surface area contributed by atoms with Crippen LogP contribution >= 0.6 is 0 Å². The first-order valence-electron chi connectivity index (χ1n) is 7.69. The number of rotatable bonds is 3. The van der Waals surface area contributed by atoms with E-state index in [1.165, 1.54) is 25.7 Å². The molecule has 0 aromatic heterocycles. The quantitative estimate of drug-likeness (QED) is 0.810. The van der Waals surface area contributed by atoms with Crippen LogP contribution in [0.1, 0.15) is 58.3 Å². The third-order valence-electron chi connectivity index (χ3n) is 4.83. The minimum Gasteiger partial charge on any atom is -0.353 e. The van der Waals surface area contributed by atoms with E-state index in [1.54, 1.807) is 0 Å². The van der Waals surface area contributed by atoms with Crippen LogP contribution in [-0.2, 0) is 4.79 Å². The van der Waals surface area contributed by atoms with Crippen LogP contribution in [0.25, 0.3) is 0 Å². The number of nitrogens with one attached hydrogen (secondary N) is 1. The molecule has 2 fully saturated rings. The maximum Gasteiger partial charge on any atom is 0.223 e. The van der Waals surface area contributed by atoms with Crippen molar-refractivity contribution in [3.05, 3.63) is 0 Å². The average Bonchev–Trinajstić information content (AvgIpc) is 2.39. The third kappa shape index (κ3) is 3.71. The van der Waals surface area contributed by atoms with Gasteiger partial charge in [0.05, 0.1) is 0 Å². The molecule has 0 bridgehead atoms. The maximum absolute atomic E-state index is 12.2. The van der Waals surface area contributed by atoms with Crippen LogP contribution in [0.4, 0.5) is 0 Å². The minimum absolute atomic E-state index is 0.255. The van der Waals surface area contributed by atoms with Gasteiger partial charge in [0.2, 0.25) is 5.91 Å². The van der Waals surface area contributed by atoms with E-state index in [1.807, 2.05) is 0 Å². The second-order valence-electron chi connectivity index (χ2n) is 6.43. The van der Waals surface area contributed by atoms with Gasteiger partial charge in [-0.3, -0.25) is 4.79 Å². The maximum atomic E-state index is 12.2. The highest BCUT2D eigenvalue weighted by Gasteiger charge is 2.28. The van der Waals surface area contributed by atoms with Crippen LogP contribution in [0.15, 0.2) is 0 Å². The molecule has 0 heterocycles. The van der Waals surface area contributed by atoms with Gasteiger partial charge in [-0.1, -0.05) is 19.8 Å². The molecule has 3 N–H and O–H groups in total. The monoisotopic (exact) mass is 252 g/mol. The van der Waals surface area contributed by atoms with Gasteiger partial charge in [-0.2, -0.15) is 0 Å². The highest BCUT2D eigenvalue weighted by atomic mass is 16.1. The second kappa shape index (κ2) is 6.55. The SMILES string of the molecule is CC1CCCC(NC(=O)C2CCC(CN)CC2)C1. The molecule has 0 aliphatic heterocycles. The summed E-state index contributed by atoms with van der Waals surface area (Å²) in [5.41, 5.74) is 5.69. The van der Waals surface area contributed by atoms with Crippen molar-refractivity contribution in [3.63, 3.8) is 0 Å². The fourth-order valence-electron chi connectivity index (χ4n) is 3.54. The summed E-state index contributed by atoms with van der Waals surface area (Å²) in [5.74, 6) is 2.00. The van der Waals surface area contributed by atoms with Crippen LogP contribution in [0.5, 0.6) is 0 Å². The normalized spacial score (nSPS) is 37.2. The number of nitrogens with two attached hydrogens (primary N) is 1. The summed E-state index contributed by atoms with van der Waals surface area (Å²) in [6.45, 7) is 3.08. The Balaban J connectivity index is 1.74. The molecule has 3 nitrogen and oxygen atoms in total. The first-order chi connectivity index (χ1) is 8.69. The van der Waals surface area contributed by atoms with Gasteiger partial charge in [0.25, 0.3) is 0 Å². The standard InChI is InChI=1S/C15H28N2O/c1-11-3-2-4-14(9-11)17-15(18)13-7-5-12(10-16)6-8-13/h11-14H,2-10,16H2,1H3,(H,17,18). The van der Waals surface area contributed by atoms with Gasteiger partial charge in [0.15, 0.2) is 0 Å². The molecule has 2 unspecified atom stereocenters. The van der Waals surface area contributed by atoms with Crippen LogP contribution in [0.2, 0.25) is 0 Å². The molecular weight excluding hydrogens is 224 g/mol. The number of carbonyl (C=O) groups is 1. The summed E-state index contributed by atoms with van der Waals surface area (Å²) in [4.78, 5) is 12.2. The summed E-state index contributed by atoms with van der Waals surface area (Å²) in [6, 6.07) is 0.438. The van der Waals surface area contributed by atoms with Gasteiger partial charge in [0, 0.05) is 12.0 Å². The zero-order valence-electron chi connectivity index (χ0n) is 11.7. The van der Waals surface area contributed by atoms with Gasteiger partial charge < -0.3 is 11.1 Å². The minimum atomic E-state index is 0.255. The second-order valence-corrected chi connectivity index (χ2v) is 6.43. The summed E-state index contributed by atoms with van der Waals surface area (Å²) in [7, 11) is 0. The van der Waals surface area contributed by atoms with Crippen LogP contribution < -0.4 is 11.1 Å². The van der Waals surface area contributed by atoms with Gasteiger partial charge in [-0.25, -0.2) is 0 Å². The lowest BCUT2D eigenvalue weighted by Gasteiger charge is -2.31. The molecule has 2 rings (SSSR count). The molecule has 18 heavy (non-hydrogen) atoms. The smallest absolute Gasteiger partial charge is 0.223 e. The van der Waals surface area contributed by atoms with Gasteiger partial charge in [0.1, 0.15) is 0 Å². The van der Waals surface area contributed by atoms with Gasteiger partial charge >= 0.3 is 0 Å². The number of amides is 1. The lowest BCUT2D eigenvalue weighted by molar-refractivity contribution is -0.127. The van der Waals surface area contributed by atoms with Gasteiger partial charge in [-0.15, -0.1) is 0 Å². The Kier molecular flexibility index (Phi) is 5.04. The summed E-state index contributed by atoms with van der Waals surface area (Å²) in [6.07, 6.45) is 9.29. The Labute approximate surface area is 111 Å². The first-order valence-corrected chi connectivity index (χ1v) is 7.69. The Morgan fingerprint density at radius 1 is 1.17 bits per heavy atom. The largest absolute Gasteiger partial charge is 0.353 e. The van der Waals surface area contributed by atoms with Crippen LogP contribution in [-0.4, -0.2) is 18.5 Å². The van der Waals surface area contributed by atoms with E-state index in [-0.39, 0.29) is 5.92 Å². The Morgan fingerprint density at radius 3 is 2.50 bits per heavy atom. The Hall–Kier alpha value is -0.570. The van der Waals surface area contributed by atoms with Crippen molar-refractivity contribution in [2.75, 3.05) is 6.54 Å². The molecule has 0 spiro atoms. The zero-order valence-corrected chi connectivity index (χ0v) is 11.7. The zero-order chi connectivity index (χ0) is 13.0. The summed E-state index contributed by atoms with van der Waals surface area (Å²) in [5, 5.41) is 3.28. The fraction of sp³-hybridized carbons (Fsp3) is 0.933.